The summed E-state index contributed by atoms with van der Waals surface area (Å²) >= 11 is 11.1. The second kappa shape index (κ2) is 7.21. The van der Waals surface area contributed by atoms with E-state index in [2.05, 4.69) is 20.9 Å². The van der Waals surface area contributed by atoms with E-state index in [1.165, 1.54) is 0 Å². The van der Waals surface area contributed by atoms with Gasteiger partial charge < -0.3 is 0 Å². The molecular formula is C18H11BrClNOS. The first kappa shape index (κ1) is 16.1. The van der Waals surface area contributed by atoms with Crippen molar-refractivity contribution in [2.75, 3.05) is 0 Å². The molecule has 2 aromatic carbocycles. The molecule has 1 aromatic heterocycles. The van der Waals surface area contributed by atoms with Crippen LogP contribution in [0.3, 0.4) is 0 Å². The molecule has 114 valence electrons. The van der Waals surface area contributed by atoms with E-state index >= 15 is 0 Å². The highest BCUT2D eigenvalue weighted by Crippen LogP contribution is 2.27. The summed E-state index contributed by atoms with van der Waals surface area (Å²) < 4.78 is 1.04. The summed E-state index contributed by atoms with van der Waals surface area (Å²) in [5.74, 6) is -0.0902. The Labute approximate surface area is 151 Å². The Kier molecular flexibility index (Phi) is 5.06. The molecule has 3 aromatic rings. The van der Waals surface area contributed by atoms with Crippen molar-refractivity contribution >= 4 is 56.6 Å². The van der Waals surface area contributed by atoms with Gasteiger partial charge in [0.1, 0.15) is 0 Å². The third kappa shape index (κ3) is 3.96. The lowest BCUT2D eigenvalue weighted by Crippen LogP contribution is -2.01. The molecule has 0 spiro atoms. The highest BCUT2D eigenvalue weighted by molar-refractivity contribution is 9.11. The smallest absolute Gasteiger partial charge is 0.195 e. The van der Waals surface area contributed by atoms with Crippen LogP contribution in [0.1, 0.15) is 20.8 Å². The van der Waals surface area contributed by atoms with Gasteiger partial charge in [-0.05, 0) is 46.3 Å². The summed E-state index contributed by atoms with van der Waals surface area (Å²) in [6.45, 7) is 0. The van der Waals surface area contributed by atoms with Crippen LogP contribution in [0.25, 0.3) is 0 Å². The number of benzene rings is 2. The fourth-order valence-corrected chi connectivity index (χ4v) is 3.55. The van der Waals surface area contributed by atoms with E-state index < -0.39 is 0 Å². The molecule has 1 heterocycles. The van der Waals surface area contributed by atoms with Gasteiger partial charge in [0.05, 0.1) is 9.47 Å². The van der Waals surface area contributed by atoms with Crippen molar-refractivity contribution < 1.29 is 4.79 Å². The van der Waals surface area contributed by atoms with E-state index in [1.807, 2.05) is 30.3 Å². The number of aliphatic imine (C=N–C) groups is 1. The Morgan fingerprint density at radius 1 is 1.09 bits per heavy atom. The van der Waals surface area contributed by atoms with Crippen molar-refractivity contribution in [3.63, 3.8) is 0 Å². The Hall–Kier alpha value is -1.75. The van der Waals surface area contributed by atoms with Gasteiger partial charge in [0, 0.05) is 27.2 Å². The van der Waals surface area contributed by atoms with E-state index in [-0.39, 0.29) is 5.78 Å². The Morgan fingerprint density at radius 3 is 2.57 bits per heavy atom. The van der Waals surface area contributed by atoms with Crippen LogP contribution in [0.2, 0.25) is 5.02 Å². The summed E-state index contributed by atoms with van der Waals surface area (Å²) in [5.41, 5.74) is 1.72. The lowest BCUT2D eigenvalue weighted by molar-refractivity contribution is 0.103. The van der Waals surface area contributed by atoms with Crippen LogP contribution >= 0.6 is 38.9 Å². The number of rotatable bonds is 4. The molecule has 2 nitrogen and oxygen atoms in total. The number of halogens is 2. The molecule has 5 heteroatoms. The summed E-state index contributed by atoms with van der Waals surface area (Å²) in [5, 5.41) is 0.516. The van der Waals surface area contributed by atoms with Crippen molar-refractivity contribution in [1.82, 2.24) is 0 Å². The van der Waals surface area contributed by atoms with Crippen LogP contribution in [0.5, 0.6) is 0 Å². The summed E-state index contributed by atoms with van der Waals surface area (Å²) in [6, 6.07) is 18.2. The van der Waals surface area contributed by atoms with Gasteiger partial charge in [-0.2, -0.15) is 0 Å². The van der Waals surface area contributed by atoms with Crippen molar-refractivity contribution in [3.8, 4) is 0 Å². The SMILES string of the molecule is O=C(c1ccccc1)c1cc(Cl)ccc1N=Cc1ccc(Br)s1. The first-order valence-corrected chi connectivity index (χ1v) is 8.81. The van der Waals surface area contributed by atoms with Gasteiger partial charge in [-0.1, -0.05) is 41.9 Å². The zero-order valence-corrected chi connectivity index (χ0v) is 15.0. The first-order valence-electron chi connectivity index (χ1n) is 6.82. The van der Waals surface area contributed by atoms with Crippen LogP contribution in [-0.4, -0.2) is 12.0 Å². The summed E-state index contributed by atoms with van der Waals surface area (Å²) in [7, 11) is 0. The van der Waals surface area contributed by atoms with Gasteiger partial charge in [-0.25, -0.2) is 0 Å². The molecule has 3 rings (SSSR count). The van der Waals surface area contributed by atoms with Crippen LogP contribution in [-0.2, 0) is 0 Å². The van der Waals surface area contributed by atoms with Crippen molar-refractivity contribution in [1.29, 1.82) is 0 Å². The first-order chi connectivity index (χ1) is 11.1. The third-order valence-electron chi connectivity index (χ3n) is 3.16. The molecule has 0 aliphatic carbocycles. The fourth-order valence-electron chi connectivity index (χ4n) is 2.08. The largest absolute Gasteiger partial charge is 0.289 e. The third-order valence-corrected chi connectivity index (χ3v) is 4.96. The highest BCUT2D eigenvalue weighted by atomic mass is 79.9. The van der Waals surface area contributed by atoms with Crippen LogP contribution in [0.15, 0.2) is 69.4 Å². The van der Waals surface area contributed by atoms with Gasteiger partial charge >= 0.3 is 0 Å². The fraction of sp³-hybridized carbons (Fsp3) is 0. The van der Waals surface area contributed by atoms with Crippen LogP contribution < -0.4 is 0 Å². The number of thiophene rings is 1. The predicted molar refractivity (Wildman–Crippen MR) is 101 cm³/mol. The number of carbonyl (C=O) groups is 1. The summed E-state index contributed by atoms with van der Waals surface area (Å²) in [6.07, 6.45) is 1.75. The quantitative estimate of drug-likeness (QED) is 0.379. The zero-order valence-electron chi connectivity index (χ0n) is 11.9. The normalized spacial score (nSPS) is 11.0. The minimum Gasteiger partial charge on any atom is -0.289 e. The molecule has 0 atom stereocenters. The number of hydrogen-bond donors (Lipinski definition) is 0. The Balaban J connectivity index is 1.98. The Morgan fingerprint density at radius 2 is 1.87 bits per heavy atom. The maximum Gasteiger partial charge on any atom is 0.195 e. The van der Waals surface area contributed by atoms with Gasteiger partial charge in [0.2, 0.25) is 0 Å². The lowest BCUT2D eigenvalue weighted by atomic mass is 10.0. The van der Waals surface area contributed by atoms with E-state index in [1.54, 1.807) is 47.9 Å². The zero-order chi connectivity index (χ0) is 16.2. The summed E-state index contributed by atoms with van der Waals surface area (Å²) in [4.78, 5) is 18.2. The maximum absolute atomic E-state index is 12.7. The highest BCUT2D eigenvalue weighted by Gasteiger charge is 2.13. The van der Waals surface area contributed by atoms with Crippen molar-refractivity contribution in [2.24, 2.45) is 4.99 Å². The topological polar surface area (TPSA) is 29.4 Å². The lowest BCUT2D eigenvalue weighted by Gasteiger charge is -2.05. The average molecular weight is 405 g/mol. The molecular weight excluding hydrogens is 394 g/mol. The molecule has 0 saturated carbocycles. The van der Waals surface area contributed by atoms with Crippen LogP contribution in [0, 0.1) is 0 Å². The minimum atomic E-state index is -0.0902. The number of ketones is 1. The molecule has 0 unspecified atom stereocenters. The van der Waals surface area contributed by atoms with Crippen molar-refractivity contribution in [3.05, 3.63) is 85.5 Å². The average Bonchev–Trinajstić information content (AvgIpc) is 2.99. The molecule has 0 fully saturated rings. The second-order valence-corrected chi connectivity index (χ2v) is 7.69. The van der Waals surface area contributed by atoms with E-state index in [9.17, 15) is 4.79 Å². The molecule has 0 aliphatic rings. The second-order valence-electron chi connectivity index (χ2n) is 4.76. The van der Waals surface area contributed by atoms with Gasteiger partial charge in [-0.3, -0.25) is 9.79 Å². The van der Waals surface area contributed by atoms with Crippen molar-refractivity contribution in [2.45, 2.75) is 0 Å². The number of nitrogens with zero attached hydrogens (tertiary/aromatic N) is 1. The molecule has 0 aliphatic heterocycles. The number of carbonyl (C=O) groups excluding carboxylic acids is 1. The van der Waals surface area contributed by atoms with E-state index in [0.717, 1.165) is 8.66 Å². The van der Waals surface area contributed by atoms with Gasteiger partial charge in [-0.15, -0.1) is 11.3 Å². The minimum absolute atomic E-state index is 0.0902. The number of hydrogen-bond acceptors (Lipinski definition) is 3. The van der Waals surface area contributed by atoms with Gasteiger partial charge in [0.25, 0.3) is 0 Å². The Bertz CT molecular complexity index is 874. The van der Waals surface area contributed by atoms with Crippen LogP contribution in [0.4, 0.5) is 5.69 Å². The standard InChI is InChI=1S/C18H11BrClNOS/c19-17-9-7-14(23-17)11-21-16-8-6-13(20)10-15(16)18(22)12-4-2-1-3-5-12/h1-11H. The monoisotopic (exact) mass is 403 g/mol. The van der Waals surface area contributed by atoms with E-state index in [0.29, 0.717) is 21.8 Å². The maximum atomic E-state index is 12.7. The predicted octanol–water partition coefficient (Wildman–Crippen LogP) is 6.15. The van der Waals surface area contributed by atoms with E-state index in [4.69, 9.17) is 11.6 Å². The van der Waals surface area contributed by atoms with Gasteiger partial charge in [0.15, 0.2) is 5.78 Å². The molecule has 0 N–H and O–H groups in total. The molecule has 0 radical (unpaired) electrons. The molecule has 0 amide bonds. The molecule has 0 saturated heterocycles. The molecule has 0 bridgehead atoms. The molecule has 23 heavy (non-hydrogen) atoms.